The van der Waals surface area contributed by atoms with Crippen molar-refractivity contribution in [2.24, 2.45) is 5.73 Å². The summed E-state index contributed by atoms with van der Waals surface area (Å²) in [5, 5.41) is 3.99. The number of aromatic nitrogens is 3. The summed E-state index contributed by atoms with van der Waals surface area (Å²) in [6.07, 6.45) is 7.80. The van der Waals surface area contributed by atoms with Crippen molar-refractivity contribution in [3.8, 4) is 11.5 Å². The lowest BCUT2D eigenvalue weighted by Crippen LogP contribution is -2.35. The van der Waals surface area contributed by atoms with Gasteiger partial charge in [-0.25, -0.2) is 9.37 Å². The summed E-state index contributed by atoms with van der Waals surface area (Å²) in [6.45, 7) is 0.505. The summed E-state index contributed by atoms with van der Waals surface area (Å²) in [5.41, 5.74) is 6.30. The van der Waals surface area contributed by atoms with Crippen LogP contribution in [-0.2, 0) is 5.41 Å². The molecule has 0 unspecified atom stereocenters. The minimum Gasteiger partial charge on any atom is -0.338 e. The Morgan fingerprint density at radius 2 is 1.95 bits per heavy atom. The Bertz CT molecular complexity index is 588. The molecule has 2 aromatic rings. The SMILES string of the molecule is NCC1(c2nc(-c3ccc(F)cn3)no2)CCCCCC1. The van der Waals surface area contributed by atoms with E-state index >= 15 is 0 Å². The summed E-state index contributed by atoms with van der Waals surface area (Å²) in [6, 6.07) is 2.88. The minimum absolute atomic E-state index is 0.220. The highest BCUT2D eigenvalue weighted by molar-refractivity contribution is 5.47. The molecule has 6 heteroatoms. The molecule has 1 aliphatic carbocycles. The van der Waals surface area contributed by atoms with Crippen molar-refractivity contribution in [3.05, 3.63) is 30.0 Å². The summed E-state index contributed by atoms with van der Waals surface area (Å²) in [5.74, 6) is 0.597. The molecule has 0 amide bonds. The Kier molecular flexibility index (Phi) is 3.96. The molecule has 0 aromatic carbocycles. The first kappa shape index (κ1) is 14.1. The topological polar surface area (TPSA) is 77.8 Å². The summed E-state index contributed by atoms with van der Waals surface area (Å²) < 4.78 is 18.4. The third kappa shape index (κ3) is 2.81. The first-order valence-electron chi connectivity index (χ1n) is 7.40. The Morgan fingerprint density at radius 1 is 1.19 bits per heavy atom. The number of halogens is 1. The van der Waals surface area contributed by atoms with Crippen LogP contribution < -0.4 is 5.73 Å². The van der Waals surface area contributed by atoms with Crippen molar-refractivity contribution < 1.29 is 8.91 Å². The van der Waals surface area contributed by atoms with Gasteiger partial charge < -0.3 is 10.3 Å². The molecule has 3 rings (SSSR count). The van der Waals surface area contributed by atoms with Gasteiger partial charge in [-0.15, -0.1) is 0 Å². The minimum atomic E-state index is -0.385. The van der Waals surface area contributed by atoms with E-state index in [1.54, 1.807) is 6.07 Å². The van der Waals surface area contributed by atoms with Crippen LogP contribution in [-0.4, -0.2) is 21.7 Å². The van der Waals surface area contributed by atoms with E-state index in [9.17, 15) is 4.39 Å². The van der Waals surface area contributed by atoms with Crippen LogP contribution >= 0.6 is 0 Å². The van der Waals surface area contributed by atoms with Gasteiger partial charge in [-0.1, -0.05) is 30.8 Å². The molecule has 112 valence electrons. The van der Waals surface area contributed by atoms with Gasteiger partial charge in [0.2, 0.25) is 11.7 Å². The number of hydrogen-bond acceptors (Lipinski definition) is 5. The van der Waals surface area contributed by atoms with Crippen molar-refractivity contribution in [2.45, 2.75) is 43.9 Å². The van der Waals surface area contributed by atoms with Crippen molar-refractivity contribution in [2.75, 3.05) is 6.54 Å². The largest absolute Gasteiger partial charge is 0.338 e. The predicted octanol–water partition coefficient (Wildman–Crippen LogP) is 2.82. The number of pyridine rings is 1. The average molecular weight is 290 g/mol. The Labute approximate surface area is 122 Å². The molecule has 0 spiro atoms. The van der Waals surface area contributed by atoms with Gasteiger partial charge in [0, 0.05) is 6.54 Å². The van der Waals surface area contributed by atoms with Crippen LogP contribution in [0.4, 0.5) is 4.39 Å². The standard InChI is InChI=1S/C15H19FN4O/c16-11-5-6-12(18-9-11)13-19-14(21-20-13)15(10-17)7-3-1-2-4-8-15/h5-6,9H,1-4,7-8,10,17H2. The molecule has 2 N–H and O–H groups in total. The van der Waals surface area contributed by atoms with E-state index in [1.807, 2.05) is 0 Å². The smallest absolute Gasteiger partial charge is 0.234 e. The van der Waals surface area contributed by atoms with Crippen molar-refractivity contribution in [1.29, 1.82) is 0 Å². The fraction of sp³-hybridized carbons (Fsp3) is 0.533. The zero-order valence-corrected chi connectivity index (χ0v) is 11.9. The van der Waals surface area contributed by atoms with E-state index in [2.05, 4.69) is 15.1 Å². The van der Waals surface area contributed by atoms with E-state index in [0.717, 1.165) is 31.9 Å². The van der Waals surface area contributed by atoms with Crippen LogP contribution in [0.25, 0.3) is 11.5 Å². The lowest BCUT2D eigenvalue weighted by Gasteiger charge is -2.26. The van der Waals surface area contributed by atoms with Gasteiger partial charge >= 0.3 is 0 Å². The van der Waals surface area contributed by atoms with Crippen molar-refractivity contribution in [3.63, 3.8) is 0 Å². The number of rotatable bonds is 3. The number of nitrogens with zero attached hydrogens (tertiary/aromatic N) is 3. The van der Waals surface area contributed by atoms with Gasteiger partial charge in [-0.2, -0.15) is 4.98 Å². The Morgan fingerprint density at radius 3 is 2.57 bits per heavy atom. The van der Waals surface area contributed by atoms with E-state index in [4.69, 9.17) is 10.3 Å². The lowest BCUT2D eigenvalue weighted by molar-refractivity contribution is 0.257. The monoisotopic (exact) mass is 290 g/mol. The molecule has 0 bridgehead atoms. The zero-order valence-electron chi connectivity index (χ0n) is 11.9. The quantitative estimate of drug-likeness (QED) is 0.879. The van der Waals surface area contributed by atoms with Crippen LogP contribution in [0.3, 0.4) is 0 Å². The Hall–Kier alpha value is -1.82. The molecule has 0 atom stereocenters. The summed E-state index contributed by atoms with van der Waals surface area (Å²) >= 11 is 0. The van der Waals surface area contributed by atoms with Crippen molar-refractivity contribution in [1.82, 2.24) is 15.1 Å². The molecule has 5 nitrogen and oxygen atoms in total. The second-order valence-electron chi connectivity index (χ2n) is 5.68. The van der Waals surface area contributed by atoms with Gasteiger partial charge in [0.25, 0.3) is 0 Å². The molecule has 2 aromatic heterocycles. The van der Waals surface area contributed by atoms with Gasteiger partial charge in [-0.3, -0.25) is 0 Å². The fourth-order valence-corrected chi connectivity index (χ4v) is 2.96. The van der Waals surface area contributed by atoms with E-state index in [0.29, 0.717) is 24.0 Å². The van der Waals surface area contributed by atoms with E-state index in [1.165, 1.54) is 18.9 Å². The third-order valence-electron chi connectivity index (χ3n) is 4.29. The Balaban J connectivity index is 1.90. The van der Waals surface area contributed by atoms with Crippen LogP contribution in [0.15, 0.2) is 22.9 Å². The van der Waals surface area contributed by atoms with Crippen LogP contribution in [0, 0.1) is 5.82 Å². The highest BCUT2D eigenvalue weighted by Crippen LogP contribution is 2.37. The van der Waals surface area contributed by atoms with Gasteiger partial charge in [0.05, 0.1) is 11.6 Å². The average Bonchev–Trinajstić information content (AvgIpc) is 2.88. The normalized spacial score (nSPS) is 18.4. The maximum Gasteiger partial charge on any atom is 0.234 e. The molecule has 0 radical (unpaired) electrons. The van der Waals surface area contributed by atoms with Crippen molar-refractivity contribution >= 4 is 0 Å². The van der Waals surface area contributed by atoms with Crippen LogP contribution in [0.5, 0.6) is 0 Å². The number of nitrogens with two attached hydrogens (primary N) is 1. The first-order chi connectivity index (χ1) is 10.2. The van der Waals surface area contributed by atoms with Crippen LogP contribution in [0.2, 0.25) is 0 Å². The highest BCUT2D eigenvalue weighted by Gasteiger charge is 2.37. The molecule has 0 saturated heterocycles. The van der Waals surface area contributed by atoms with Crippen LogP contribution in [0.1, 0.15) is 44.4 Å². The predicted molar refractivity (Wildman–Crippen MR) is 75.9 cm³/mol. The molecular weight excluding hydrogens is 271 g/mol. The van der Waals surface area contributed by atoms with E-state index < -0.39 is 0 Å². The van der Waals surface area contributed by atoms with Gasteiger partial charge in [0.15, 0.2) is 0 Å². The maximum atomic E-state index is 12.9. The molecule has 1 fully saturated rings. The van der Waals surface area contributed by atoms with E-state index in [-0.39, 0.29) is 11.2 Å². The highest BCUT2D eigenvalue weighted by atomic mass is 19.1. The maximum absolute atomic E-state index is 12.9. The second-order valence-corrected chi connectivity index (χ2v) is 5.68. The molecular formula is C15H19FN4O. The summed E-state index contributed by atoms with van der Waals surface area (Å²) in [7, 11) is 0. The van der Waals surface area contributed by atoms with Gasteiger partial charge in [-0.05, 0) is 25.0 Å². The third-order valence-corrected chi connectivity index (χ3v) is 4.29. The second kappa shape index (κ2) is 5.89. The first-order valence-corrected chi connectivity index (χ1v) is 7.40. The lowest BCUT2D eigenvalue weighted by atomic mass is 9.80. The number of hydrogen-bond donors (Lipinski definition) is 1. The molecule has 2 heterocycles. The molecule has 0 aliphatic heterocycles. The zero-order chi connectivity index (χ0) is 14.7. The molecule has 1 saturated carbocycles. The summed E-state index contributed by atoms with van der Waals surface area (Å²) in [4.78, 5) is 8.46. The van der Waals surface area contributed by atoms with Gasteiger partial charge in [0.1, 0.15) is 11.5 Å². The molecule has 1 aliphatic rings. The molecule has 21 heavy (non-hydrogen) atoms. The fourth-order valence-electron chi connectivity index (χ4n) is 2.96.